The van der Waals surface area contributed by atoms with Crippen molar-refractivity contribution < 1.29 is 9.59 Å². The highest BCUT2D eigenvalue weighted by Gasteiger charge is 2.50. The molecule has 1 aromatic heterocycles. The molecule has 0 saturated heterocycles. The topological polar surface area (TPSA) is 37.4 Å². The van der Waals surface area contributed by atoms with Gasteiger partial charge in [0.1, 0.15) is 3.82 Å². The van der Waals surface area contributed by atoms with Crippen molar-refractivity contribution in [2.45, 2.75) is 19.4 Å². The standard InChI is InChI=1S/C14H9NO2S3/c1-14(2)11-8(13(18)20-19-11)6-4-3-5-7-9(6)15(14)12(17)10(7)16/h3-5H,1-2H3. The molecule has 6 heteroatoms. The van der Waals surface area contributed by atoms with Crippen LogP contribution in [0.25, 0.3) is 11.1 Å². The molecule has 0 spiro atoms. The van der Waals surface area contributed by atoms with Gasteiger partial charge in [0.15, 0.2) is 0 Å². The van der Waals surface area contributed by atoms with Gasteiger partial charge in [-0.15, -0.1) is 0 Å². The van der Waals surface area contributed by atoms with Crippen molar-refractivity contribution in [1.29, 1.82) is 0 Å². The molecule has 0 aliphatic carbocycles. The van der Waals surface area contributed by atoms with E-state index in [1.165, 1.54) is 0 Å². The van der Waals surface area contributed by atoms with Crippen LogP contribution < -0.4 is 4.90 Å². The molecule has 0 bridgehead atoms. The summed E-state index contributed by atoms with van der Waals surface area (Å²) in [6, 6.07) is 5.49. The lowest BCUT2D eigenvalue weighted by atomic mass is 9.88. The second-order valence-electron chi connectivity index (χ2n) is 5.39. The van der Waals surface area contributed by atoms with Crippen LogP contribution in [-0.2, 0) is 10.3 Å². The summed E-state index contributed by atoms with van der Waals surface area (Å²) < 4.78 is 0.831. The SMILES string of the molecule is CC1(C)c2ssc(=S)c2-c2cccc3c2N1C(=O)C3=O. The van der Waals surface area contributed by atoms with Crippen LogP contribution in [-0.4, -0.2) is 11.7 Å². The lowest BCUT2D eigenvalue weighted by Gasteiger charge is -2.39. The first-order valence-corrected chi connectivity index (χ1v) is 8.66. The molecular weight excluding hydrogens is 310 g/mol. The number of hydrogen-bond acceptors (Lipinski definition) is 5. The highest BCUT2D eigenvalue weighted by Crippen LogP contribution is 2.55. The van der Waals surface area contributed by atoms with E-state index < -0.39 is 17.2 Å². The summed E-state index contributed by atoms with van der Waals surface area (Å²) in [6.07, 6.45) is 0. The predicted octanol–water partition coefficient (Wildman–Crippen LogP) is 3.98. The number of benzene rings is 1. The number of ketones is 1. The summed E-state index contributed by atoms with van der Waals surface area (Å²) in [4.78, 5) is 27.3. The van der Waals surface area contributed by atoms with E-state index in [0.717, 1.165) is 25.5 Å². The highest BCUT2D eigenvalue weighted by atomic mass is 32.9. The molecule has 3 heterocycles. The normalized spacial score (nSPS) is 18.2. The van der Waals surface area contributed by atoms with Gasteiger partial charge in [-0.1, -0.05) is 45.0 Å². The summed E-state index contributed by atoms with van der Waals surface area (Å²) in [6.45, 7) is 3.94. The zero-order valence-corrected chi connectivity index (χ0v) is 13.2. The average molecular weight is 319 g/mol. The van der Waals surface area contributed by atoms with E-state index in [1.54, 1.807) is 31.6 Å². The molecule has 0 radical (unpaired) electrons. The molecule has 3 nitrogen and oxygen atoms in total. The Bertz CT molecular complexity index is 860. The molecule has 100 valence electrons. The maximum atomic E-state index is 12.4. The quantitative estimate of drug-likeness (QED) is 0.419. The van der Waals surface area contributed by atoms with Gasteiger partial charge in [0.2, 0.25) is 0 Å². The van der Waals surface area contributed by atoms with Crippen molar-refractivity contribution in [3.8, 4) is 11.1 Å². The van der Waals surface area contributed by atoms with Crippen molar-refractivity contribution >= 4 is 50.3 Å². The molecule has 0 fully saturated rings. The summed E-state index contributed by atoms with van der Waals surface area (Å²) in [5.74, 6) is -0.855. The molecule has 20 heavy (non-hydrogen) atoms. The lowest BCUT2D eigenvalue weighted by Crippen LogP contribution is -2.46. The number of carbonyl (C=O) groups is 2. The highest BCUT2D eigenvalue weighted by molar-refractivity contribution is 7.80. The fraction of sp³-hybridized carbons (Fsp3) is 0.214. The number of hydrogen-bond donors (Lipinski definition) is 0. The van der Waals surface area contributed by atoms with Crippen molar-refractivity contribution in [3.05, 3.63) is 32.5 Å². The minimum absolute atomic E-state index is 0.417. The van der Waals surface area contributed by atoms with E-state index in [1.807, 2.05) is 26.0 Å². The zero-order valence-electron chi connectivity index (χ0n) is 10.7. The Morgan fingerprint density at radius 3 is 2.60 bits per heavy atom. The summed E-state index contributed by atoms with van der Waals surface area (Å²) in [5.41, 5.74) is 2.64. The van der Waals surface area contributed by atoms with Gasteiger partial charge in [0.05, 0.1) is 21.7 Å². The van der Waals surface area contributed by atoms with Crippen LogP contribution in [0.5, 0.6) is 0 Å². The Morgan fingerprint density at radius 2 is 1.85 bits per heavy atom. The van der Waals surface area contributed by atoms with Gasteiger partial charge in [-0.05, 0) is 19.9 Å². The van der Waals surface area contributed by atoms with Gasteiger partial charge in [-0.2, -0.15) is 0 Å². The first-order valence-electron chi connectivity index (χ1n) is 6.10. The first kappa shape index (κ1) is 12.4. The summed E-state index contributed by atoms with van der Waals surface area (Å²) in [7, 11) is 3.15. The fourth-order valence-corrected chi connectivity index (χ4v) is 6.30. The Morgan fingerprint density at radius 1 is 1.15 bits per heavy atom. The Labute approximate surface area is 127 Å². The molecule has 1 amide bonds. The van der Waals surface area contributed by atoms with Crippen molar-refractivity contribution in [2.75, 3.05) is 4.90 Å². The Kier molecular flexibility index (Phi) is 2.25. The number of amides is 1. The van der Waals surface area contributed by atoms with Crippen molar-refractivity contribution in [3.63, 3.8) is 0 Å². The minimum Gasteiger partial charge on any atom is -0.294 e. The largest absolute Gasteiger partial charge is 0.300 e. The van der Waals surface area contributed by atoms with E-state index in [4.69, 9.17) is 12.2 Å². The first-order chi connectivity index (χ1) is 9.44. The number of para-hydroxylation sites is 1. The summed E-state index contributed by atoms with van der Waals surface area (Å²) >= 11 is 5.45. The number of fused-ring (bicyclic) bond motifs is 2. The average Bonchev–Trinajstić information content (AvgIpc) is 2.91. The van der Waals surface area contributed by atoms with Gasteiger partial charge in [-0.25, -0.2) is 0 Å². The van der Waals surface area contributed by atoms with E-state index in [9.17, 15) is 9.59 Å². The zero-order chi connectivity index (χ0) is 14.2. The van der Waals surface area contributed by atoms with Gasteiger partial charge in [0.25, 0.3) is 11.7 Å². The predicted molar refractivity (Wildman–Crippen MR) is 83.3 cm³/mol. The molecule has 2 aliphatic heterocycles. The van der Waals surface area contributed by atoms with Crippen LogP contribution >= 0.6 is 32.9 Å². The van der Waals surface area contributed by atoms with Gasteiger partial charge in [0, 0.05) is 11.1 Å². The maximum absolute atomic E-state index is 12.4. The fourth-order valence-electron chi connectivity index (χ4n) is 3.02. The third-order valence-corrected chi connectivity index (χ3v) is 7.25. The molecule has 0 N–H and O–H groups in total. The molecule has 0 unspecified atom stereocenters. The number of anilines is 1. The van der Waals surface area contributed by atoms with E-state index in [-0.39, 0.29) is 0 Å². The Balaban J connectivity index is 2.22. The van der Waals surface area contributed by atoms with Crippen molar-refractivity contribution in [1.82, 2.24) is 0 Å². The second-order valence-corrected chi connectivity index (χ2v) is 8.21. The van der Waals surface area contributed by atoms with Crippen LogP contribution in [0.1, 0.15) is 29.1 Å². The Hall–Kier alpha value is -1.37. The third-order valence-electron chi connectivity index (χ3n) is 3.92. The van der Waals surface area contributed by atoms with E-state index in [0.29, 0.717) is 5.56 Å². The molecule has 0 saturated carbocycles. The van der Waals surface area contributed by atoms with Gasteiger partial charge >= 0.3 is 0 Å². The molecule has 2 aromatic rings. The van der Waals surface area contributed by atoms with Crippen LogP contribution in [0, 0.1) is 3.82 Å². The van der Waals surface area contributed by atoms with E-state index >= 15 is 0 Å². The van der Waals surface area contributed by atoms with Crippen molar-refractivity contribution in [2.24, 2.45) is 0 Å². The van der Waals surface area contributed by atoms with Crippen LogP contribution in [0.15, 0.2) is 18.2 Å². The second kappa shape index (κ2) is 3.63. The van der Waals surface area contributed by atoms with E-state index in [2.05, 4.69) is 0 Å². The van der Waals surface area contributed by atoms with Crippen LogP contribution in [0.3, 0.4) is 0 Å². The number of nitrogens with zero attached hydrogens (tertiary/aromatic N) is 1. The number of carbonyl (C=O) groups excluding carboxylic acids is 2. The molecule has 4 rings (SSSR count). The molecule has 0 atom stereocenters. The van der Waals surface area contributed by atoms with Gasteiger partial charge in [-0.3, -0.25) is 14.5 Å². The third kappa shape index (κ3) is 1.22. The lowest BCUT2D eigenvalue weighted by molar-refractivity contribution is -0.115. The van der Waals surface area contributed by atoms with Gasteiger partial charge < -0.3 is 0 Å². The molecule has 1 aromatic carbocycles. The molecular formula is C14H9NO2S3. The van der Waals surface area contributed by atoms with Crippen LogP contribution in [0.4, 0.5) is 5.69 Å². The molecule has 2 aliphatic rings. The number of Topliss-reactive ketones (excluding diaryl/α,β-unsaturated/α-hetero) is 1. The monoisotopic (exact) mass is 319 g/mol. The van der Waals surface area contributed by atoms with Crippen LogP contribution in [0.2, 0.25) is 0 Å². The maximum Gasteiger partial charge on any atom is 0.300 e. The number of rotatable bonds is 0. The minimum atomic E-state index is -0.528. The smallest absolute Gasteiger partial charge is 0.294 e. The summed E-state index contributed by atoms with van der Waals surface area (Å²) in [5, 5.41) is 0.